The molecule has 0 unspecified atom stereocenters. The highest BCUT2D eigenvalue weighted by atomic mass is 32.1. The SMILES string of the molecule is COc1cc(OCc2cccc(CC(=O)Cc3ccccc3)c2)c2cc(-c3cn4nc(OC)sc4n3)oc2c1. The number of carbonyl (C=O) groups excluding carboxylic acids is 1. The molecule has 0 spiro atoms. The highest BCUT2D eigenvalue weighted by Crippen LogP contribution is 2.37. The second-order valence-corrected chi connectivity index (χ2v) is 9.98. The fourth-order valence-electron chi connectivity index (χ4n) is 4.43. The Labute approximate surface area is 228 Å². The number of methoxy groups -OCH3 is 2. The van der Waals surface area contributed by atoms with Crippen molar-refractivity contribution in [1.82, 2.24) is 14.6 Å². The van der Waals surface area contributed by atoms with Crippen LogP contribution in [-0.2, 0) is 24.2 Å². The molecule has 0 aliphatic heterocycles. The van der Waals surface area contributed by atoms with E-state index in [0.29, 0.717) is 58.1 Å². The minimum Gasteiger partial charge on any atom is -0.496 e. The summed E-state index contributed by atoms with van der Waals surface area (Å²) in [6.45, 7) is 0.327. The van der Waals surface area contributed by atoms with E-state index >= 15 is 0 Å². The maximum absolute atomic E-state index is 12.6. The molecule has 0 aliphatic rings. The van der Waals surface area contributed by atoms with Crippen molar-refractivity contribution in [2.24, 2.45) is 0 Å². The van der Waals surface area contributed by atoms with E-state index in [2.05, 4.69) is 10.1 Å². The maximum atomic E-state index is 12.6. The summed E-state index contributed by atoms with van der Waals surface area (Å²) in [6.07, 6.45) is 2.60. The van der Waals surface area contributed by atoms with Crippen LogP contribution in [0.25, 0.3) is 27.4 Å². The number of hydrogen-bond donors (Lipinski definition) is 0. The Hall–Kier alpha value is -4.63. The van der Waals surface area contributed by atoms with E-state index in [9.17, 15) is 4.79 Å². The van der Waals surface area contributed by atoms with Crippen molar-refractivity contribution in [3.05, 3.63) is 95.7 Å². The van der Waals surface area contributed by atoms with E-state index in [1.165, 1.54) is 11.3 Å². The lowest BCUT2D eigenvalue weighted by atomic mass is 10.0. The van der Waals surface area contributed by atoms with Gasteiger partial charge in [-0.25, -0.2) is 9.50 Å². The minimum atomic E-state index is 0.174. The summed E-state index contributed by atoms with van der Waals surface area (Å²) < 4.78 is 24.7. The molecule has 6 rings (SSSR count). The van der Waals surface area contributed by atoms with Crippen LogP contribution in [0.3, 0.4) is 0 Å². The molecule has 0 bridgehead atoms. The number of fused-ring (bicyclic) bond motifs is 2. The lowest BCUT2D eigenvalue weighted by molar-refractivity contribution is -0.117. The second-order valence-electron chi connectivity index (χ2n) is 9.06. The van der Waals surface area contributed by atoms with Crippen LogP contribution in [0.15, 0.2) is 83.4 Å². The molecule has 8 nitrogen and oxygen atoms in total. The van der Waals surface area contributed by atoms with E-state index < -0.39 is 0 Å². The number of nitrogens with zero attached hydrogens (tertiary/aromatic N) is 3. The summed E-state index contributed by atoms with van der Waals surface area (Å²) >= 11 is 1.35. The van der Waals surface area contributed by atoms with Gasteiger partial charge in [0, 0.05) is 25.0 Å². The summed E-state index contributed by atoms with van der Waals surface area (Å²) in [5.74, 6) is 2.02. The summed E-state index contributed by atoms with van der Waals surface area (Å²) in [5.41, 5.74) is 4.24. The topological polar surface area (TPSA) is 88.1 Å². The predicted octanol–water partition coefficient (Wildman–Crippen LogP) is 6.15. The van der Waals surface area contributed by atoms with Gasteiger partial charge in [-0.3, -0.25) is 4.79 Å². The first-order chi connectivity index (χ1) is 19.1. The third kappa shape index (κ3) is 5.35. The molecular weight excluding hydrogens is 514 g/mol. The highest BCUT2D eigenvalue weighted by Gasteiger charge is 2.17. The Balaban J connectivity index is 1.20. The average Bonchev–Trinajstić information content (AvgIpc) is 3.65. The first-order valence-electron chi connectivity index (χ1n) is 12.4. The number of aromatic nitrogens is 3. The van der Waals surface area contributed by atoms with Gasteiger partial charge in [-0.1, -0.05) is 54.6 Å². The van der Waals surface area contributed by atoms with Gasteiger partial charge in [0.1, 0.15) is 35.2 Å². The quantitative estimate of drug-likeness (QED) is 0.206. The first-order valence-corrected chi connectivity index (χ1v) is 13.2. The fourth-order valence-corrected chi connectivity index (χ4v) is 5.13. The molecule has 3 heterocycles. The van der Waals surface area contributed by atoms with Crippen molar-refractivity contribution >= 4 is 33.1 Å². The van der Waals surface area contributed by atoms with Gasteiger partial charge in [-0.05, 0) is 34.1 Å². The molecule has 196 valence electrons. The lowest BCUT2D eigenvalue weighted by Crippen LogP contribution is -2.07. The zero-order valence-corrected chi connectivity index (χ0v) is 22.2. The van der Waals surface area contributed by atoms with E-state index in [0.717, 1.165) is 22.1 Å². The number of hydrogen-bond acceptors (Lipinski definition) is 8. The molecule has 0 saturated carbocycles. The number of rotatable bonds is 10. The Morgan fingerprint density at radius 1 is 0.923 bits per heavy atom. The zero-order chi connectivity index (χ0) is 26.8. The molecule has 6 aromatic rings. The van der Waals surface area contributed by atoms with E-state index in [-0.39, 0.29) is 5.78 Å². The van der Waals surface area contributed by atoms with Crippen LogP contribution in [0, 0.1) is 0 Å². The van der Waals surface area contributed by atoms with Crippen LogP contribution < -0.4 is 14.2 Å². The molecule has 0 N–H and O–H groups in total. The third-order valence-corrected chi connectivity index (χ3v) is 7.18. The summed E-state index contributed by atoms with van der Waals surface area (Å²) in [5, 5.41) is 5.68. The van der Waals surface area contributed by atoms with E-state index in [1.54, 1.807) is 24.9 Å². The van der Waals surface area contributed by atoms with Crippen LogP contribution in [0.2, 0.25) is 0 Å². The van der Waals surface area contributed by atoms with Crippen LogP contribution in [0.5, 0.6) is 16.7 Å². The molecule has 3 aromatic heterocycles. The van der Waals surface area contributed by atoms with Crippen molar-refractivity contribution in [1.29, 1.82) is 0 Å². The molecule has 9 heteroatoms. The largest absolute Gasteiger partial charge is 0.496 e. The van der Waals surface area contributed by atoms with Crippen LogP contribution in [-0.4, -0.2) is 34.6 Å². The number of furan rings is 1. The predicted molar refractivity (Wildman–Crippen MR) is 149 cm³/mol. The van der Waals surface area contributed by atoms with Crippen LogP contribution >= 0.6 is 11.3 Å². The van der Waals surface area contributed by atoms with Gasteiger partial charge in [0.25, 0.3) is 5.19 Å². The average molecular weight is 540 g/mol. The van der Waals surface area contributed by atoms with E-state index in [1.807, 2.05) is 72.8 Å². The Morgan fingerprint density at radius 3 is 2.51 bits per heavy atom. The molecule has 0 aliphatic carbocycles. The fraction of sp³-hybridized carbons (Fsp3) is 0.167. The van der Waals surface area contributed by atoms with Crippen LogP contribution in [0.4, 0.5) is 0 Å². The van der Waals surface area contributed by atoms with Gasteiger partial charge in [0.15, 0.2) is 5.76 Å². The van der Waals surface area contributed by atoms with Crippen molar-refractivity contribution in [2.45, 2.75) is 19.4 Å². The molecule has 0 fully saturated rings. The number of ether oxygens (including phenoxy) is 3. The number of carbonyl (C=O) groups is 1. The molecule has 3 aromatic carbocycles. The molecule has 0 saturated heterocycles. The van der Waals surface area contributed by atoms with Crippen molar-refractivity contribution in [3.8, 4) is 28.1 Å². The molecule has 0 radical (unpaired) electrons. The molecule has 0 atom stereocenters. The van der Waals surface area contributed by atoms with Crippen LogP contribution in [0.1, 0.15) is 16.7 Å². The number of benzene rings is 3. The number of Topliss-reactive ketones (excluding diaryl/α,β-unsaturated/α-hetero) is 1. The van der Waals surface area contributed by atoms with Gasteiger partial charge in [-0.2, -0.15) is 0 Å². The second kappa shape index (κ2) is 10.6. The standard InChI is InChI=1S/C30H25N3O5S/c1-35-23-14-26(24-16-28(38-27(24)15-23)25-17-33-29(31-25)39-30(32-33)36-2)37-18-21-10-6-9-20(11-21)13-22(34)12-19-7-4-3-5-8-19/h3-11,14-17H,12-13,18H2,1-2H3. The van der Waals surface area contributed by atoms with Gasteiger partial charge in [0.2, 0.25) is 4.96 Å². The zero-order valence-electron chi connectivity index (χ0n) is 21.4. The van der Waals surface area contributed by atoms with Crippen molar-refractivity contribution in [2.75, 3.05) is 14.2 Å². The summed E-state index contributed by atoms with van der Waals surface area (Å²) in [6, 6.07) is 23.3. The van der Waals surface area contributed by atoms with Crippen molar-refractivity contribution < 1.29 is 23.4 Å². The van der Waals surface area contributed by atoms with E-state index in [4.69, 9.17) is 18.6 Å². The molecule has 39 heavy (non-hydrogen) atoms. The van der Waals surface area contributed by atoms with Gasteiger partial charge >= 0.3 is 0 Å². The monoisotopic (exact) mass is 539 g/mol. The first kappa shape index (κ1) is 24.7. The Morgan fingerprint density at radius 2 is 1.72 bits per heavy atom. The molecular formula is C30H25N3O5S. The number of ketones is 1. The van der Waals surface area contributed by atoms with Crippen molar-refractivity contribution in [3.63, 3.8) is 0 Å². The highest BCUT2D eigenvalue weighted by molar-refractivity contribution is 7.18. The van der Waals surface area contributed by atoms with Gasteiger partial charge in [0.05, 0.1) is 25.8 Å². The lowest BCUT2D eigenvalue weighted by Gasteiger charge is -2.10. The van der Waals surface area contributed by atoms with Gasteiger partial charge in [-0.15, -0.1) is 5.10 Å². The molecule has 0 amide bonds. The summed E-state index contributed by atoms with van der Waals surface area (Å²) in [4.78, 5) is 17.9. The minimum absolute atomic E-state index is 0.174. The smallest absolute Gasteiger partial charge is 0.294 e. The number of imidazole rings is 1. The maximum Gasteiger partial charge on any atom is 0.294 e. The summed E-state index contributed by atoms with van der Waals surface area (Å²) in [7, 11) is 3.18. The Bertz CT molecular complexity index is 1740. The van der Waals surface area contributed by atoms with Gasteiger partial charge < -0.3 is 18.6 Å². The normalized spacial score (nSPS) is 11.2. The third-order valence-electron chi connectivity index (χ3n) is 6.29. The Kier molecular flexibility index (Phi) is 6.73.